The van der Waals surface area contributed by atoms with Gasteiger partial charge in [0.05, 0.1) is 23.4 Å². The second-order valence-corrected chi connectivity index (χ2v) is 5.40. The molecule has 2 heterocycles. The van der Waals surface area contributed by atoms with E-state index in [1.165, 1.54) is 0 Å². The van der Waals surface area contributed by atoms with Gasteiger partial charge in [-0.3, -0.25) is 0 Å². The number of aliphatic hydroxyl groups excluding tert-OH is 1. The number of aryl methyl sites for hydroxylation is 1. The number of rotatable bonds is 4. The first-order chi connectivity index (χ1) is 8.56. The predicted octanol–water partition coefficient (Wildman–Crippen LogP) is 2.54. The number of pyridine rings is 1. The SMILES string of the molecule is Cc1nc(CN(C)c2cc([C@@H](C)O)ccn2)cs1. The van der Waals surface area contributed by atoms with Crippen molar-refractivity contribution in [2.75, 3.05) is 11.9 Å². The zero-order valence-corrected chi connectivity index (χ0v) is 11.6. The van der Waals surface area contributed by atoms with Crippen molar-refractivity contribution in [2.45, 2.75) is 26.5 Å². The maximum atomic E-state index is 9.57. The minimum Gasteiger partial charge on any atom is -0.389 e. The molecule has 2 aromatic rings. The second kappa shape index (κ2) is 5.46. The van der Waals surface area contributed by atoms with Gasteiger partial charge < -0.3 is 10.0 Å². The highest BCUT2D eigenvalue weighted by Crippen LogP contribution is 2.19. The van der Waals surface area contributed by atoms with Crippen LogP contribution in [0, 0.1) is 6.92 Å². The maximum Gasteiger partial charge on any atom is 0.128 e. The number of hydrogen-bond donors (Lipinski definition) is 1. The molecule has 0 aliphatic rings. The van der Waals surface area contributed by atoms with Crippen molar-refractivity contribution in [2.24, 2.45) is 0 Å². The zero-order chi connectivity index (χ0) is 13.1. The molecule has 2 rings (SSSR count). The van der Waals surface area contributed by atoms with Crippen LogP contribution < -0.4 is 4.90 Å². The highest BCUT2D eigenvalue weighted by Gasteiger charge is 2.08. The van der Waals surface area contributed by atoms with Crippen LogP contribution in [0.5, 0.6) is 0 Å². The van der Waals surface area contributed by atoms with Crippen LogP contribution in [-0.4, -0.2) is 22.1 Å². The minimum atomic E-state index is -0.471. The highest BCUT2D eigenvalue weighted by molar-refractivity contribution is 7.09. The molecule has 2 aromatic heterocycles. The van der Waals surface area contributed by atoms with Crippen molar-refractivity contribution in [3.63, 3.8) is 0 Å². The Bertz CT molecular complexity index is 524. The lowest BCUT2D eigenvalue weighted by Gasteiger charge is -2.18. The van der Waals surface area contributed by atoms with Crippen LogP contribution in [0.3, 0.4) is 0 Å². The van der Waals surface area contributed by atoms with E-state index in [-0.39, 0.29) is 0 Å². The van der Waals surface area contributed by atoms with Crippen LogP contribution >= 0.6 is 11.3 Å². The van der Waals surface area contributed by atoms with Crippen LogP contribution in [0.2, 0.25) is 0 Å². The molecule has 0 saturated heterocycles. The largest absolute Gasteiger partial charge is 0.389 e. The lowest BCUT2D eigenvalue weighted by atomic mass is 10.2. The van der Waals surface area contributed by atoms with E-state index in [2.05, 4.69) is 15.3 Å². The van der Waals surface area contributed by atoms with Crippen molar-refractivity contribution in [3.8, 4) is 0 Å². The number of thiazole rings is 1. The van der Waals surface area contributed by atoms with E-state index in [0.717, 1.165) is 28.6 Å². The van der Waals surface area contributed by atoms with Crippen molar-refractivity contribution in [3.05, 3.63) is 40.0 Å². The van der Waals surface area contributed by atoms with E-state index < -0.39 is 6.10 Å². The summed E-state index contributed by atoms with van der Waals surface area (Å²) < 4.78 is 0. The summed E-state index contributed by atoms with van der Waals surface area (Å²) in [6.45, 7) is 4.48. The predicted molar refractivity (Wildman–Crippen MR) is 73.8 cm³/mol. The Morgan fingerprint density at radius 1 is 1.50 bits per heavy atom. The van der Waals surface area contributed by atoms with E-state index in [1.807, 2.05) is 31.0 Å². The van der Waals surface area contributed by atoms with Gasteiger partial charge in [-0.05, 0) is 31.5 Å². The van der Waals surface area contributed by atoms with Gasteiger partial charge in [0.25, 0.3) is 0 Å². The molecule has 0 spiro atoms. The number of anilines is 1. The Balaban J connectivity index is 2.13. The standard InChI is InChI=1S/C13H17N3OS/c1-9(17)11-4-5-14-13(6-11)16(3)7-12-8-18-10(2)15-12/h4-6,8-9,17H,7H2,1-3H3/t9-/m1/s1. The average Bonchev–Trinajstić information content (AvgIpc) is 2.75. The van der Waals surface area contributed by atoms with Gasteiger partial charge in [-0.15, -0.1) is 11.3 Å². The molecule has 0 aliphatic heterocycles. The van der Waals surface area contributed by atoms with Gasteiger partial charge in [-0.2, -0.15) is 0 Å². The Labute approximate surface area is 111 Å². The monoisotopic (exact) mass is 263 g/mol. The summed E-state index contributed by atoms with van der Waals surface area (Å²) >= 11 is 1.65. The second-order valence-electron chi connectivity index (χ2n) is 4.34. The zero-order valence-electron chi connectivity index (χ0n) is 10.8. The summed E-state index contributed by atoms with van der Waals surface area (Å²) in [6.07, 6.45) is 1.25. The third kappa shape index (κ3) is 3.05. The summed E-state index contributed by atoms with van der Waals surface area (Å²) in [6, 6.07) is 3.74. The molecule has 1 atom stereocenters. The molecule has 0 fully saturated rings. The average molecular weight is 263 g/mol. The van der Waals surface area contributed by atoms with Crippen LogP contribution in [0.1, 0.15) is 29.3 Å². The molecule has 0 aromatic carbocycles. The van der Waals surface area contributed by atoms with Gasteiger partial charge >= 0.3 is 0 Å². The molecule has 1 N–H and O–H groups in total. The normalized spacial score (nSPS) is 12.4. The summed E-state index contributed by atoms with van der Waals surface area (Å²) in [4.78, 5) is 10.8. The highest BCUT2D eigenvalue weighted by atomic mass is 32.1. The molecular formula is C13H17N3OS. The fraction of sp³-hybridized carbons (Fsp3) is 0.385. The van der Waals surface area contributed by atoms with Crippen LogP contribution in [-0.2, 0) is 6.54 Å². The number of aromatic nitrogens is 2. The molecule has 96 valence electrons. The molecule has 0 unspecified atom stereocenters. The van der Waals surface area contributed by atoms with E-state index in [9.17, 15) is 5.11 Å². The molecular weight excluding hydrogens is 246 g/mol. The first kappa shape index (κ1) is 13.0. The topological polar surface area (TPSA) is 49.2 Å². The lowest BCUT2D eigenvalue weighted by Crippen LogP contribution is -2.18. The lowest BCUT2D eigenvalue weighted by molar-refractivity contribution is 0.199. The van der Waals surface area contributed by atoms with E-state index in [0.29, 0.717) is 0 Å². The Kier molecular flexibility index (Phi) is 3.93. The van der Waals surface area contributed by atoms with E-state index in [1.54, 1.807) is 24.5 Å². The van der Waals surface area contributed by atoms with Gasteiger partial charge in [-0.25, -0.2) is 9.97 Å². The van der Waals surface area contributed by atoms with Gasteiger partial charge in [0.1, 0.15) is 5.82 Å². The molecule has 5 heteroatoms. The van der Waals surface area contributed by atoms with E-state index in [4.69, 9.17) is 0 Å². The van der Waals surface area contributed by atoms with Gasteiger partial charge in [0.2, 0.25) is 0 Å². The fourth-order valence-electron chi connectivity index (χ4n) is 1.71. The van der Waals surface area contributed by atoms with Crippen LogP contribution in [0.4, 0.5) is 5.82 Å². The molecule has 0 bridgehead atoms. The number of aliphatic hydroxyl groups is 1. The molecule has 0 aliphatic carbocycles. The smallest absolute Gasteiger partial charge is 0.128 e. The first-order valence-corrected chi connectivity index (χ1v) is 6.70. The van der Waals surface area contributed by atoms with Gasteiger partial charge in [0, 0.05) is 18.6 Å². The quantitative estimate of drug-likeness (QED) is 0.921. The molecule has 0 radical (unpaired) electrons. The van der Waals surface area contributed by atoms with Crippen molar-refractivity contribution in [1.29, 1.82) is 0 Å². The fourth-order valence-corrected chi connectivity index (χ4v) is 2.31. The van der Waals surface area contributed by atoms with Gasteiger partial charge in [-0.1, -0.05) is 0 Å². The minimum absolute atomic E-state index is 0.471. The summed E-state index contributed by atoms with van der Waals surface area (Å²) in [7, 11) is 1.98. The summed E-state index contributed by atoms with van der Waals surface area (Å²) in [5.74, 6) is 0.846. The third-order valence-corrected chi connectivity index (χ3v) is 3.53. The molecule has 0 saturated carbocycles. The van der Waals surface area contributed by atoms with Crippen molar-refractivity contribution in [1.82, 2.24) is 9.97 Å². The van der Waals surface area contributed by atoms with Gasteiger partial charge in [0.15, 0.2) is 0 Å². The van der Waals surface area contributed by atoms with Crippen molar-refractivity contribution >= 4 is 17.2 Å². The molecule has 0 amide bonds. The Morgan fingerprint density at radius 2 is 2.28 bits per heavy atom. The van der Waals surface area contributed by atoms with Crippen molar-refractivity contribution < 1.29 is 5.11 Å². The number of nitrogens with zero attached hydrogens (tertiary/aromatic N) is 3. The summed E-state index contributed by atoms with van der Waals surface area (Å²) in [5.41, 5.74) is 1.92. The summed E-state index contributed by atoms with van der Waals surface area (Å²) in [5, 5.41) is 12.7. The molecule has 4 nitrogen and oxygen atoms in total. The third-order valence-electron chi connectivity index (χ3n) is 2.71. The molecule has 18 heavy (non-hydrogen) atoms. The Hall–Kier alpha value is -1.46. The first-order valence-electron chi connectivity index (χ1n) is 5.82. The van der Waals surface area contributed by atoms with Crippen LogP contribution in [0.15, 0.2) is 23.7 Å². The maximum absolute atomic E-state index is 9.57. The van der Waals surface area contributed by atoms with Crippen LogP contribution in [0.25, 0.3) is 0 Å². The van der Waals surface area contributed by atoms with E-state index >= 15 is 0 Å². The Morgan fingerprint density at radius 3 is 2.89 bits per heavy atom. The number of hydrogen-bond acceptors (Lipinski definition) is 5.